The van der Waals surface area contributed by atoms with Crippen LogP contribution in [0.2, 0.25) is 0 Å². The highest BCUT2D eigenvalue weighted by Gasteiger charge is 2.42. The van der Waals surface area contributed by atoms with Gasteiger partial charge in [0.15, 0.2) is 0 Å². The number of alkyl halides is 3. The van der Waals surface area contributed by atoms with E-state index in [-0.39, 0.29) is 23.3 Å². The van der Waals surface area contributed by atoms with E-state index >= 15 is 0 Å². The summed E-state index contributed by atoms with van der Waals surface area (Å²) in [5.41, 5.74) is -0.635. The highest BCUT2D eigenvalue weighted by atomic mass is 32.2. The molecular weight excluding hydrogens is 505 g/mol. The Labute approximate surface area is 204 Å². The van der Waals surface area contributed by atoms with E-state index in [0.29, 0.717) is 25.8 Å². The van der Waals surface area contributed by atoms with Crippen molar-refractivity contribution >= 4 is 10.0 Å². The number of piperidine rings is 1. The van der Waals surface area contributed by atoms with Gasteiger partial charge in [0.05, 0.1) is 16.6 Å². The van der Waals surface area contributed by atoms with Crippen LogP contribution in [0.25, 0.3) is 0 Å². The summed E-state index contributed by atoms with van der Waals surface area (Å²) in [5, 5.41) is 0. The van der Waals surface area contributed by atoms with Crippen LogP contribution in [-0.2, 0) is 22.1 Å². The number of rotatable bonds is 7. The van der Waals surface area contributed by atoms with Crippen LogP contribution in [0.15, 0.2) is 71.8 Å². The lowest BCUT2D eigenvalue weighted by Crippen LogP contribution is -2.53. The first-order valence-electron chi connectivity index (χ1n) is 10.9. The molecule has 0 unspecified atom stereocenters. The molecule has 0 saturated carbocycles. The van der Waals surface area contributed by atoms with E-state index in [9.17, 15) is 30.4 Å². The van der Waals surface area contributed by atoms with Crippen LogP contribution in [0.1, 0.15) is 24.0 Å². The first kappa shape index (κ1) is 26.0. The van der Waals surface area contributed by atoms with Gasteiger partial charge in [0, 0.05) is 31.3 Å². The Bertz CT molecular complexity index is 1290. The largest absolute Gasteiger partial charge is 0.573 e. The Morgan fingerprint density at radius 1 is 1.00 bits per heavy atom. The maximum Gasteiger partial charge on any atom is 0.573 e. The molecule has 0 bridgehead atoms. The Balaban J connectivity index is 1.61. The van der Waals surface area contributed by atoms with Crippen LogP contribution in [-0.4, -0.2) is 37.8 Å². The zero-order chi connectivity index (χ0) is 26.0. The van der Waals surface area contributed by atoms with Gasteiger partial charge in [0.2, 0.25) is 16.0 Å². The van der Waals surface area contributed by atoms with Gasteiger partial charge in [-0.2, -0.15) is 4.39 Å². The summed E-state index contributed by atoms with van der Waals surface area (Å²) >= 11 is 0. The summed E-state index contributed by atoms with van der Waals surface area (Å²) in [6.07, 6.45) is -4.00. The maximum absolute atomic E-state index is 14.8. The molecule has 0 radical (unpaired) electrons. The lowest BCUT2D eigenvalue weighted by Gasteiger charge is -2.42. The minimum absolute atomic E-state index is 0.120. The molecule has 36 heavy (non-hydrogen) atoms. The summed E-state index contributed by atoms with van der Waals surface area (Å²) in [6, 6.07) is 14.1. The predicted octanol–water partition coefficient (Wildman–Crippen LogP) is 4.73. The molecule has 1 aliphatic heterocycles. The third-order valence-electron chi connectivity index (χ3n) is 5.99. The molecule has 12 heteroatoms. The molecule has 6 nitrogen and oxygen atoms in total. The fourth-order valence-electron chi connectivity index (χ4n) is 4.28. The highest BCUT2D eigenvalue weighted by molar-refractivity contribution is 7.89. The van der Waals surface area contributed by atoms with E-state index in [2.05, 4.69) is 19.3 Å². The highest BCUT2D eigenvalue weighted by Crippen LogP contribution is 2.37. The van der Waals surface area contributed by atoms with Crippen molar-refractivity contribution in [3.63, 3.8) is 0 Å². The average molecular weight is 528 g/mol. The standard InChI is InChI=1S/C24H22F5N3O3S/c25-21-15-30-22(26)14-20(21)23(10-12-32(13-11-23)16-17-4-2-1-3-5-17)31-36(33,34)19-8-6-18(7-9-19)35-24(27,28)29/h1-9,14-15,31H,10-13,16H2. The number of nitrogens with zero attached hydrogens (tertiary/aromatic N) is 2. The van der Waals surface area contributed by atoms with Crippen molar-refractivity contribution in [1.82, 2.24) is 14.6 Å². The second kappa shape index (κ2) is 10.1. The lowest BCUT2D eigenvalue weighted by molar-refractivity contribution is -0.274. The van der Waals surface area contributed by atoms with Gasteiger partial charge in [-0.1, -0.05) is 30.3 Å². The molecule has 1 saturated heterocycles. The van der Waals surface area contributed by atoms with Gasteiger partial charge >= 0.3 is 6.36 Å². The molecule has 2 heterocycles. The van der Waals surface area contributed by atoms with Crippen LogP contribution < -0.4 is 9.46 Å². The second-order valence-corrected chi connectivity index (χ2v) is 10.1. The Morgan fingerprint density at radius 2 is 1.64 bits per heavy atom. The molecule has 0 amide bonds. The van der Waals surface area contributed by atoms with E-state index in [1.54, 1.807) is 0 Å². The molecule has 1 fully saturated rings. The van der Waals surface area contributed by atoms with Gasteiger partial charge in [-0.15, -0.1) is 13.2 Å². The number of nitrogens with one attached hydrogen (secondary N) is 1. The van der Waals surface area contributed by atoms with Crippen molar-refractivity contribution in [1.29, 1.82) is 0 Å². The maximum atomic E-state index is 14.8. The minimum atomic E-state index is -4.93. The SMILES string of the molecule is O=S(=O)(NC1(c2cc(F)ncc2F)CCN(Cc2ccccc2)CC1)c1ccc(OC(F)(F)F)cc1. The fourth-order valence-corrected chi connectivity index (χ4v) is 5.72. The number of benzene rings is 2. The van der Waals surface area contributed by atoms with Gasteiger partial charge in [-0.25, -0.2) is 22.5 Å². The molecule has 0 atom stereocenters. The van der Waals surface area contributed by atoms with Crippen molar-refractivity contribution < 1.29 is 35.1 Å². The summed E-state index contributed by atoms with van der Waals surface area (Å²) < 4.78 is 98.9. The Kier molecular flexibility index (Phi) is 7.30. The third-order valence-corrected chi connectivity index (χ3v) is 7.55. The minimum Gasteiger partial charge on any atom is -0.406 e. The fraction of sp³-hybridized carbons (Fsp3) is 0.292. The molecule has 0 spiro atoms. The monoisotopic (exact) mass is 527 g/mol. The molecule has 2 aromatic carbocycles. The first-order chi connectivity index (χ1) is 17.0. The van der Waals surface area contributed by atoms with E-state index in [1.165, 1.54) is 0 Å². The smallest absolute Gasteiger partial charge is 0.406 e. The number of aromatic nitrogens is 1. The lowest BCUT2D eigenvalue weighted by atomic mass is 9.82. The van der Waals surface area contributed by atoms with Crippen molar-refractivity contribution in [3.8, 4) is 5.75 Å². The molecule has 1 aromatic heterocycles. The molecule has 3 aromatic rings. The number of hydrogen-bond acceptors (Lipinski definition) is 5. The number of hydrogen-bond donors (Lipinski definition) is 1. The van der Waals surface area contributed by atoms with E-state index in [0.717, 1.165) is 35.9 Å². The third kappa shape index (κ3) is 6.18. The van der Waals surface area contributed by atoms with Gasteiger partial charge in [0.25, 0.3) is 0 Å². The van der Waals surface area contributed by atoms with Crippen LogP contribution in [0, 0.1) is 11.8 Å². The molecular formula is C24H22F5N3O3S. The second-order valence-electron chi connectivity index (χ2n) is 8.46. The number of pyridine rings is 1. The van der Waals surface area contributed by atoms with Crippen LogP contribution >= 0.6 is 0 Å². The van der Waals surface area contributed by atoms with Crippen molar-refractivity contribution in [2.75, 3.05) is 13.1 Å². The molecule has 1 aliphatic rings. The quantitative estimate of drug-likeness (QED) is 0.356. The summed E-state index contributed by atoms with van der Waals surface area (Å²) in [6.45, 7) is 1.34. The normalized spacial score (nSPS) is 16.6. The van der Waals surface area contributed by atoms with Crippen LogP contribution in [0.4, 0.5) is 22.0 Å². The van der Waals surface area contributed by atoms with Crippen LogP contribution in [0.3, 0.4) is 0 Å². The van der Waals surface area contributed by atoms with Gasteiger partial charge in [-0.05, 0) is 42.7 Å². The molecule has 1 N–H and O–H groups in total. The molecule has 0 aliphatic carbocycles. The Hall–Kier alpha value is -3.09. The van der Waals surface area contributed by atoms with Crippen molar-refractivity contribution in [2.45, 2.75) is 36.2 Å². The van der Waals surface area contributed by atoms with Gasteiger partial charge < -0.3 is 4.74 Å². The zero-order valence-electron chi connectivity index (χ0n) is 18.8. The average Bonchev–Trinajstić information content (AvgIpc) is 2.82. The zero-order valence-corrected chi connectivity index (χ0v) is 19.6. The number of likely N-dealkylation sites (tertiary alicyclic amines) is 1. The Morgan fingerprint density at radius 3 is 2.25 bits per heavy atom. The number of sulfonamides is 1. The van der Waals surface area contributed by atoms with Crippen molar-refractivity contribution in [3.05, 3.63) is 89.8 Å². The number of ether oxygens (including phenoxy) is 1. The van der Waals surface area contributed by atoms with Crippen LogP contribution in [0.5, 0.6) is 5.75 Å². The topological polar surface area (TPSA) is 71.5 Å². The summed E-state index contributed by atoms with van der Waals surface area (Å²) in [7, 11) is -4.35. The number of halogens is 5. The van der Waals surface area contributed by atoms with Crippen molar-refractivity contribution in [2.24, 2.45) is 0 Å². The van der Waals surface area contributed by atoms with Gasteiger partial charge in [0.1, 0.15) is 11.6 Å². The predicted molar refractivity (Wildman–Crippen MR) is 120 cm³/mol. The summed E-state index contributed by atoms with van der Waals surface area (Å²) in [5.74, 6) is -2.43. The molecule has 192 valence electrons. The van der Waals surface area contributed by atoms with Gasteiger partial charge in [-0.3, -0.25) is 4.90 Å². The van der Waals surface area contributed by atoms with E-state index < -0.39 is 39.4 Å². The van der Waals surface area contributed by atoms with E-state index in [4.69, 9.17) is 0 Å². The summed E-state index contributed by atoms with van der Waals surface area (Å²) in [4.78, 5) is 5.02. The first-order valence-corrected chi connectivity index (χ1v) is 12.4. The van der Waals surface area contributed by atoms with E-state index in [1.807, 2.05) is 30.3 Å². The molecule has 4 rings (SSSR count).